The first-order chi connectivity index (χ1) is 9.81. The second kappa shape index (κ2) is 30.5. The van der Waals surface area contributed by atoms with Crippen molar-refractivity contribution in [2.45, 2.75) is 73.1 Å². The Morgan fingerprint density at radius 3 is 1.04 bits per heavy atom. The Balaban J connectivity index is -0.0000000909. The Hall–Kier alpha value is 0.590. The first-order valence-electron chi connectivity index (χ1n) is 7.89. The van der Waals surface area contributed by atoms with E-state index in [2.05, 4.69) is 20.8 Å². The SMILES string of the molecule is CC(=O)[O-].CC(=O)[O-].CCCCP(CCCC)CCCC.O.[Ca+2]. The van der Waals surface area contributed by atoms with Gasteiger partial charge in [-0.15, -0.1) is 7.92 Å². The van der Waals surface area contributed by atoms with Crippen LogP contribution in [-0.4, -0.2) is 73.6 Å². The molecule has 0 heterocycles. The molecule has 0 aromatic heterocycles. The minimum Gasteiger partial charge on any atom is -0.550 e. The van der Waals surface area contributed by atoms with Crippen LogP contribution in [0.1, 0.15) is 73.1 Å². The summed E-state index contributed by atoms with van der Waals surface area (Å²) in [6.07, 6.45) is 13.2. The normalized spacial score (nSPS) is 8.43. The number of carbonyl (C=O) groups excluding carboxylic acids is 2. The first-order valence-corrected chi connectivity index (χ1v) is 9.78. The van der Waals surface area contributed by atoms with Gasteiger partial charge in [0.25, 0.3) is 0 Å². The predicted molar refractivity (Wildman–Crippen MR) is 97.0 cm³/mol. The van der Waals surface area contributed by atoms with E-state index in [4.69, 9.17) is 19.8 Å². The number of rotatable bonds is 9. The van der Waals surface area contributed by atoms with Crippen molar-refractivity contribution in [2.24, 2.45) is 0 Å². The maximum Gasteiger partial charge on any atom is 2.00 e. The van der Waals surface area contributed by atoms with Crippen molar-refractivity contribution in [1.82, 2.24) is 0 Å². The van der Waals surface area contributed by atoms with Gasteiger partial charge in [0.05, 0.1) is 0 Å². The van der Waals surface area contributed by atoms with E-state index >= 15 is 0 Å². The molecule has 0 saturated carbocycles. The van der Waals surface area contributed by atoms with Gasteiger partial charge in [0.15, 0.2) is 0 Å². The van der Waals surface area contributed by atoms with Crippen LogP contribution in [0.5, 0.6) is 0 Å². The Morgan fingerprint density at radius 2 is 0.913 bits per heavy atom. The molecule has 5 nitrogen and oxygen atoms in total. The van der Waals surface area contributed by atoms with Crippen LogP contribution in [0.25, 0.3) is 0 Å². The van der Waals surface area contributed by atoms with Gasteiger partial charge in [-0.3, -0.25) is 0 Å². The van der Waals surface area contributed by atoms with Gasteiger partial charge in [0.2, 0.25) is 0 Å². The average molecular weight is 379 g/mol. The smallest absolute Gasteiger partial charge is 0.550 e. The van der Waals surface area contributed by atoms with Crippen LogP contribution in [0, 0.1) is 0 Å². The number of hydrogen-bond acceptors (Lipinski definition) is 4. The van der Waals surface area contributed by atoms with Crippen LogP contribution in [-0.2, 0) is 9.59 Å². The molecule has 0 radical (unpaired) electrons. The molecule has 2 N–H and O–H groups in total. The standard InChI is InChI=1S/C12H27P.2C2H4O2.Ca.H2O/c1-4-7-10-13(11-8-5-2)12-9-6-3;2*1-2(3)4;;/h4-12H2,1-3H3;2*1H3,(H,3,4);;1H2/q;;;+2;/p-2. The summed E-state index contributed by atoms with van der Waals surface area (Å²) in [5.41, 5.74) is 0. The fourth-order valence-corrected chi connectivity index (χ4v) is 4.44. The van der Waals surface area contributed by atoms with Crippen LogP contribution in [0.2, 0.25) is 0 Å². The molecule has 0 unspecified atom stereocenters. The third-order valence-electron chi connectivity index (χ3n) is 2.48. The molecule has 0 aromatic rings. The Morgan fingerprint density at radius 1 is 0.739 bits per heavy atom. The molecular weight excluding hydrogens is 343 g/mol. The summed E-state index contributed by atoms with van der Waals surface area (Å²) in [4.78, 5) is 17.8. The summed E-state index contributed by atoms with van der Waals surface area (Å²) in [5.74, 6) is -2.17. The van der Waals surface area contributed by atoms with E-state index in [0.29, 0.717) is 7.92 Å². The number of unbranched alkanes of at least 4 members (excludes halogenated alkanes) is 3. The molecule has 0 aromatic carbocycles. The molecule has 136 valence electrons. The summed E-state index contributed by atoms with van der Waals surface area (Å²) in [6.45, 7) is 8.88. The van der Waals surface area contributed by atoms with Crippen molar-refractivity contribution in [3.8, 4) is 0 Å². The number of carbonyl (C=O) groups is 2. The van der Waals surface area contributed by atoms with E-state index in [9.17, 15) is 0 Å². The molecule has 0 saturated heterocycles. The molecule has 0 rings (SSSR count). The first kappa shape index (κ1) is 34.8. The maximum atomic E-state index is 8.89. The van der Waals surface area contributed by atoms with Gasteiger partial charge in [-0.1, -0.05) is 40.0 Å². The fourth-order valence-electron chi connectivity index (χ4n) is 1.48. The number of aliphatic carboxylic acids is 2. The predicted octanol–water partition coefficient (Wildman–Crippen LogP) is 1.18. The number of carboxylic acids is 2. The molecule has 0 aliphatic rings. The average Bonchev–Trinajstić information content (AvgIpc) is 2.36. The van der Waals surface area contributed by atoms with E-state index in [0.717, 1.165) is 13.8 Å². The van der Waals surface area contributed by atoms with E-state index in [1.165, 1.54) is 38.5 Å². The zero-order valence-electron chi connectivity index (χ0n) is 15.7. The van der Waals surface area contributed by atoms with Gasteiger partial charge in [-0.2, -0.15) is 0 Å². The Bertz CT molecular complexity index is 201. The van der Waals surface area contributed by atoms with Crippen LogP contribution in [0.3, 0.4) is 0 Å². The molecule has 0 aliphatic heterocycles. The number of carboxylic acid groups (broad SMARTS) is 2. The molecule has 0 aliphatic carbocycles. The van der Waals surface area contributed by atoms with Crippen LogP contribution >= 0.6 is 7.92 Å². The van der Waals surface area contributed by atoms with E-state index in [1.54, 1.807) is 18.5 Å². The molecule has 0 fully saturated rings. The largest absolute Gasteiger partial charge is 2.00 e. The summed E-state index contributed by atoms with van der Waals surface area (Å²) in [5, 5.41) is 17.8. The molecule has 7 heteroatoms. The number of hydrogen-bond donors (Lipinski definition) is 0. The maximum absolute atomic E-state index is 8.89. The molecule has 0 atom stereocenters. The monoisotopic (exact) mass is 378 g/mol. The van der Waals surface area contributed by atoms with Gasteiger partial charge < -0.3 is 25.3 Å². The van der Waals surface area contributed by atoms with Crippen molar-refractivity contribution in [3.05, 3.63) is 0 Å². The van der Waals surface area contributed by atoms with Gasteiger partial charge in [0, 0.05) is 11.9 Å². The van der Waals surface area contributed by atoms with Gasteiger partial charge in [-0.25, -0.2) is 0 Å². The zero-order chi connectivity index (χ0) is 17.1. The molecule has 0 amide bonds. The van der Waals surface area contributed by atoms with Crippen molar-refractivity contribution in [2.75, 3.05) is 18.5 Å². The fraction of sp³-hybridized carbons (Fsp3) is 0.875. The van der Waals surface area contributed by atoms with Crippen molar-refractivity contribution in [1.29, 1.82) is 0 Å². The third-order valence-corrected chi connectivity index (χ3v) is 5.33. The second-order valence-electron chi connectivity index (χ2n) is 4.89. The Labute approximate surface area is 173 Å². The van der Waals surface area contributed by atoms with Gasteiger partial charge >= 0.3 is 37.7 Å². The summed E-state index contributed by atoms with van der Waals surface area (Å²) in [7, 11) is 0.422. The van der Waals surface area contributed by atoms with Gasteiger partial charge in [-0.05, 0) is 51.6 Å². The quantitative estimate of drug-likeness (QED) is 0.443. The minimum absolute atomic E-state index is 0. The summed E-state index contributed by atoms with van der Waals surface area (Å²) >= 11 is 0. The molecular formula is C16H35CaO5P. The van der Waals surface area contributed by atoms with Gasteiger partial charge in [0.1, 0.15) is 0 Å². The molecule has 0 bridgehead atoms. The Kier molecular flexibility index (Phi) is 46.1. The van der Waals surface area contributed by atoms with Crippen LogP contribution < -0.4 is 10.2 Å². The van der Waals surface area contributed by atoms with Crippen molar-refractivity contribution >= 4 is 57.6 Å². The second-order valence-corrected chi connectivity index (χ2v) is 7.57. The molecule has 0 spiro atoms. The van der Waals surface area contributed by atoms with E-state index in [-0.39, 0.29) is 43.2 Å². The van der Waals surface area contributed by atoms with Crippen LogP contribution in [0.15, 0.2) is 0 Å². The summed E-state index contributed by atoms with van der Waals surface area (Å²) < 4.78 is 0. The minimum atomic E-state index is -1.08. The molecule has 23 heavy (non-hydrogen) atoms. The van der Waals surface area contributed by atoms with Crippen molar-refractivity contribution < 1.29 is 25.3 Å². The van der Waals surface area contributed by atoms with E-state index in [1.807, 2.05) is 0 Å². The van der Waals surface area contributed by atoms with E-state index < -0.39 is 11.9 Å². The van der Waals surface area contributed by atoms with Crippen LogP contribution in [0.4, 0.5) is 0 Å². The summed E-state index contributed by atoms with van der Waals surface area (Å²) in [6, 6.07) is 0. The third kappa shape index (κ3) is 60.4. The zero-order valence-corrected chi connectivity index (χ0v) is 18.8. The topological polar surface area (TPSA) is 112 Å². The van der Waals surface area contributed by atoms with Crippen molar-refractivity contribution in [3.63, 3.8) is 0 Å².